The Morgan fingerprint density at radius 3 is 2.44 bits per heavy atom. The van der Waals surface area contributed by atoms with Crippen LogP contribution < -0.4 is 10.2 Å². The van der Waals surface area contributed by atoms with Crippen LogP contribution in [-0.2, 0) is 6.54 Å². The molecule has 0 radical (unpaired) electrons. The molecule has 3 aromatic rings. The van der Waals surface area contributed by atoms with Crippen molar-refractivity contribution in [1.29, 1.82) is 0 Å². The van der Waals surface area contributed by atoms with Crippen LogP contribution in [0.4, 0.5) is 17.5 Å². The highest BCUT2D eigenvalue weighted by molar-refractivity contribution is 5.63. The van der Waals surface area contributed by atoms with Crippen molar-refractivity contribution >= 4 is 17.5 Å². The molecule has 0 atom stereocenters. The highest BCUT2D eigenvalue weighted by Crippen LogP contribution is 2.23. The van der Waals surface area contributed by atoms with Crippen molar-refractivity contribution in [3.05, 3.63) is 77.0 Å². The summed E-state index contributed by atoms with van der Waals surface area (Å²) in [6.07, 6.45) is 0. The molecule has 0 bridgehead atoms. The van der Waals surface area contributed by atoms with Gasteiger partial charge < -0.3 is 10.2 Å². The molecule has 0 aliphatic carbocycles. The summed E-state index contributed by atoms with van der Waals surface area (Å²) < 4.78 is 0. The molecular formula is C21H24N4. The normalized spacial score (nSPS) is 10.6. The van der Waals surface area contributed by atoms with Gasteiger partial charge in [0.15, 0.2) is 0 Å². The largest absolute Gasteiger partial charge is 0.340 e. The summed E-state index contributed by atoms with van der Waals surface area (Å²) in [5.74, 6) is 1.53. The average molecular weight is 332 g/mol. The first-order valence-corrected chi connectivity index (χ1v) is 8.47. The summed E-state index contributed by atoms with van der Waals surface area (Å²) in [4.78, 5) is 11.4. The Balaban J connectivity index is 1.84. The maximum atomic E-state index is 4.70. The fourth-order valence-corrected chi connectivity index (χ4v) is 2.74. The number of hydrogen-bond donors (Lipinski definition) is 1. The van der Waals surface area contributed by atoms with E-state index in [1.54, 1.807) is 0 Å². The maximum Gasteiger partial charge on any atom is 0.227 e. The van der Waals surface area contributed by atoms with Gasteiger partial charge in [0.05, 0.1) is 0 Å². The number of aromatic nitrogens is 2. The van der Waals surface area contributed by atoms with Crippen LogP contribution in [0, 0.1) is 20.8 Å². The fourth-order valence-electron chi connectivity index (χ4n) is 2.74. The first-order chi connectivity index (χ1) is 12.0. The Hall–Kier alpha value is -2.88. The van der Waals surface area contributed by atoms with Crippen molar-refractivity contribution in [3.8, 4) is 0 Å². The van der Waals surface area contributed by atoms with E-state index in [0.717, 1.165) is 29.7 Å². The third-order valence-electron chi connectivity index (χ3n) is 4.31. The van der Waals surface area contributed by atoms with Crippen LogP contribution in [0.25, 0.3) is 0 Å². The Bertz CT molecular complexity index is 859. The summed E-state index contributed by atoms with van der Waals surface area (Å²) in [7, 11) is 2.02. The first kappa shape index (κ1) is 17.0. The molecule has 128 valence electrons. The number of nitrogens with zero attached hydrogens (tertiary/aromatic N) is 3. The van der Waals surface area contributed by atoms with Crippen molar-refractivity contribution in [3.63, 3.8) is 0 Å². The van der Waals surface area contributed by atoms with Crippen LogP contribution in [0.2, 0.25) is 0 Å². The topological polar surface area (TPSA) is 41.1 Å². The van der Waals surface area contributed by atoms with Crippen molar-refractivity contribution < 1.29 is 0 Å². The van der Waals surface area contributed by atoms with Gasteiger partial charge in [0.2, 0.25) is 5.95 Å². The minimum absolute atomic E-state index is 0.719. The molecule has 0 fully saturated rings. The molecule has 3 rings (SSSR count). The zero-order valence-electron chi connectivity index (χ0n) is 15.2. The van der Waals surface area contributed by atoms with Crippen LogP contribution >= 0.6 is 0 Å². The second-order valence-corrected chi connectivity index (χ2v) is 6.41. The third-order valence-corrected chi connectivity index (χ3v) is 4.31. The number of benzene rings is 2. The summed E-state index contributed by atoms with van der Waals surface area (Å²) in [6, 6.07) is 18.6. The summed E-state index contributed by atoms with van der Waals surface area (Å²) in [5.41, 5.74) is 5.75. The molecule has 0 spiro atoms. The Labute approximate surface area is 149 Å². The van der Waals surface area contributed by atoms with Crippen molar-refractivity contribution in [2.24, 2.45) is 0 Å². The number of nitrogens with one attached hydrogen (secondary N) is 1. The number of aryl methyl sites for hydroxylation is 2. The number of rotatable bonds is 5. The molecule has 1 aromatic heterocycles. The minimum Gasteiger partial charge on any atom is -0.340 e. The molecule has 25 heavy (non-hydrogen) atoms. The lowest BCUT2D eigenvalue weighted by Gasteiger charge is -2.19. The van der Waals surface area contributed by atoms with Gasteiger partial charge in [-0.15, -0.1) is 0 Å². The summed E-state index contributed by atoms with van der Waals surface area (Å²) in [6.45, 7) is 7.00. The second kappa shape index (κ2) is 7.34. The summed E-state index contributed by atoms with van der Waals surface area (Å²) in [5, 5.41) is 3.44. The Morgan fingerprint density at radius 1 is 0.920 bits per heavy atom. The molecular weight excluding hydrogens is 308 g/mol. The SMILES string of the molecule is Cc1cc(Nc2cccc(C)c2C)nc(N(C)Cc2ccccc2)n1. The molecule has 0 unspecified atom stereocenters. The quantitative estimate of drug-likeness (QED) is 0.730. The van der Waals surface area contributed by atoms with E-state index in [1.165, 1.54) is 16.7 Å². The zero-order chi connectivity index (χ0) is 17.8. The van der Waals surface area contributed by atoms with Crippen LogP contribution in [0.3, 0.4) is 0 Å². The van der Waals surface area contributed by atoms with E-state index < -0.39 is 0 Å². The van der Waals surface area contributed by atoms with Gasteiger partial charge in [0.1, 0.15) is 5.82 Å². The van der Waals surface area contributed by atoms with Gasteiger partial charge in [-0.25, -0.2) is 4.98 Å². The van der Waals surface area contributed by atoms with Gasteiger partial charge >= 0.3 is 0 Å². The molecule has 4 heteroatoms. The molecule has 1 heterocycles. The van der Waals surface area contributed by atoms with Gasteiger partial charge in [-0.1, -0.05) is 42.5 Å². The molecule has 0 aliphatic rings. The zero-order valence-corrected chi connectivity index (χ0v) is 15.2. The van der Waals surface area contributed by atoms with Crippen molar-refractivity contribution in [1.82, 2.24) is 9.97 Å². The van der Waals surface area contributed by atoms with Crippen molar-refractivity contribution in [2.75, 3.05) is 17.3 Å². The maximum absolute atomic E-state index is 4.70. The lowest BCUT2D eigenvalue weighted by atomic mass is 10.1. The third kappa shape index (κ3) is 4.15. The predicted molar refractivity (Wildman–Crippen MR) is 105 cm³/mol. The lowest BCUT2D eigenvalue weighted by Crippen LogP contribution is -2.19. The van der Waals surface area contributed by atoms with Crippen LogP contribution in [0.1, 0.15) is 22.4 Å². The molecule has 0 aliphatic heterocycles. The van der Waals surface area contributed by atoms with E-state index in [2.05, 4.69) is 59.4 Å². The monoisotopic (exact) mass is 332 g/mol. The standard InChI is InChI=1S/C21H24N4/c1-15-9-8-12-19(17(15)3)23-20-13-16(2)22-21(24-20)25(4)14-18-10-6-5-7-11-18/h5-13H,14H2,1-4H3,(H,22,23,24). The Kier molecular flexibility index (Phi) is 4.98. The second-order valence-electron chi connectivity index (χ2n) is 6.41. The lowest BCUT2D eigenvalue weighted by molar-refractivity contribution is 0.861. The molecule has 2 aromatic carbocycles. The minimum atomic E-state index is 0.719. The van der Waals surface area contributed by atoms with Gasteiger partial charge in [0.25, 0.3) is 0 Å². The van der Waals surface area contributed by atoms with E-state index in [4.69, 9.17) is 4.98 Å². The molecule has 1 N–H and O–H groups in total. The van der Waals surface area contributed by atoms with Crippen LogP contribution in [0.15, 0.2) is 54.6 Å². The van der Waals surface area contributed by atoms with E-state index in [9.17, 15) is 0 Å². The Morgan fingerprint density at radius 2 is 1.68 bits per heavy atom. The van der Waals surface area contributed by atoms with Gasteiger partial charge in [-0.2, -0.15) is 4.98 Å². The highest BCUT2D eigenvalue weighted by Gasteiger charge is 2.09. The van der Waals surface area contributed by atoms with E-state index in [0.29, 0.717) is 0 Å². The number of hydrogen-bond acceptors (Lipinski definition) is 4. The smallest absolute Gasteiger partial charge is 0.227 e. The van der Waals surface area contributed by atoms with Crippen molar-refractivity contribution in [2.45, 2.75) is 27.3 Å². The first-order valence-electron chi connectivity index (χ1n) is 8.47. The van der Waals surface area contributed by atoms with Gasteiger partial charge in [0, 0.05) is 31.0 Å². The van der Waals surface area contributed by atoms with Crippen LogP contribution in [-0.4, -0.2) is 17.0 Å². The van der Waals surface area contributed by atoms with Crippen LogP contribution in [0.5, 0.6) is 0 Å². The molecule has 0 amide bonds. The number of anilines is 3. The fraction of sp³-hybridized carbons (Fsp3) is 0.238. The van der Waals surface area contributed by atoms with E-state index in [1.807, 2.05) is 38.2 Å². The summed E-state index contributed by atoms with van der Waals surface area (Å²) >= 11 is 0. The van der Waals surface area contributed by atoms with Gasteiger partial charge in [-0.3, -0.25) is 0 Å². The van der Waals surface area contributed by atoms with Gasteiger partial charge in [-0.05, 0) is 43.5 Å². The highest BCUT2D eigenvalue weighted by atomic mass is 15.2. The predicted octanol–water partition coefficient (Wildman–Crippen LogP) is 4.78. The molecule has 4 nitrogen and oxygen atoms in total. The molecule has 0 saturated carbocycles. The van der Waals surface area contributed by atoms with E-state index in [-0.39, 0.29) is 0 Å². The van der Waals surface area contributed by atoms with E-state index >= 15 is 0 Å². The molecule has 0 saturated heterocycles. The average Bonchev–Trinajstić information content (AvgIpc) is 2.59.